The molecule has 1 heterocycles. The van der Waals surface area contributed by atoms with Gasteiger partial charge in [0, 0.05) is 35.7 Å². The van der Waals surface area contributed by atoms with Crippen LogP contribution < -0.4 is 15.4 Å². The van der Waals surface area contributed by atoms with Crippen LogP contribution in [0.4, 0.5) is 10.5 Å². The van der Waals surface area contributed by atoms with Crippen molar-refractivity contribution in [1.82, 2.24) is 14.9 Å². The van der Waals surface area contributed by atoms with Gasteiger partial charge in [0.2, 0.25) is 0 Å². The Labute approximate surface area is 217 Å². The number of benzene rings is 3. The average molecular weight is 501 g/mol. The summed E-state index contributed by atoms with van der Waals surface area (Å²) in [6.45, 7) is 3.63. The van der Waals surface area contributed by atoms with Gasteiger partial charge >= 0.3 is 6.03 Å². The number of unbranched alkanes of at least 4 members (excludes halogenated alkanes) is 1. The highest BCUT2D eigenvalue weighted by Gasteiger charge is 2.19. The van der Waals surface area contributed by atoms with E-state index in [2.05, 4.69) is 70.7 Å². The quantitative estimate of drug-likeness (QED) is 0.173. The van der Waals surface area contributed by atoms with Crippen LogP contribution in [0.3, 0.4) is 0 Å². The minimum Gasteiger partial charge on any atom is -0.497 e. The minimum absolute atomic E-state index is 0.200. The van der Waals surface area contributed by atoms with E-state index in [0.717, 1.165) is 58.7 Å². The maximum Gasteiger partial charge on any atom is 0.319 e. The van der Waals surface area contributed by atoms with Crippen LogP contribution in [0, 0.1) is 0 Å². The fourth-order valence-corrected chi connectivity index (χ4v) is 5.03. The van der Waals surface area contributed by atoms with Gasteiger partial charge in [-0.25, -0.2) is 9.78 Å². The number of hydrogen-bond acceptors (Lipinski definition) is 4. The molecule has 0 aliphatic heterocycles. The van der Waals surface area contributed by atoms with Crippen LogP contribution in [0.25, 0.3) is 22.5 Å². The number of aromatic nitrogens is 2. The van der Waals surface area contributed by atoms with Gasteiger partial charge in [0.05, 0.1) is 18.5 Å². The van der Waals surface area contributed by atoms with Gasteiger partial charge in [-0.05, 0) is 44.0 Å². The summed E-state index contributed by atoms with van der Waals surface area (Å²) < 4.78 is 7.45. The average Bonchev–Trinajstić information content (AvgIpc) is 3.30. The van der Waals surface area contributed by atoms with E-state index in [1.807, 2.05) is 36.4 Å². The Hall–Kier alpha value is -3.71. The second-order valence-electron chi connectivity index (χ2n) is 8.23. The van der Waals surface area contributed by atoms with Crippen LogP contribution in [0.2, 0.25) is 0 Å². The predicted octanol–water partition coefficient (Wildman–Crippen LogP) is 6.94. The number of nitrogens with one attached hydrogen (secondary N) is 2. The van der Waals surface area contributed by atoms with Crippen LogP contribution >= 0.6 is 11.8 Å². The van der Waals surface area contributed by atoms with Gasteiger partial charge in [0.1, 0.15) is 5.75 Å². The molecule has 1 aromatic heterocycles. The number of imidazole rings is 1. The van der Waals surface area contributed by atoms with Crippen molar-refractivity contribution >= 4 is 23.5 Å². The molecule has 36 heavy (non-hydrogen) atoms. The zero-order valence-corrected chi connectivity index (χ0v) is 21.6. The second kappa shape index (κ2) is 12.8. The lowest BCUT2D eigenvalue weighted by Gasteiger charge is -2.11. The maximum atomic E-state index is 12.1. The molecule has 0 aliphatic carbocycles. The first-order chi connectivity index (χ1) is 17.7. The van der Waals surface area contributed by atoms with Crippen molar-refractivity contribution in [2.45, 2.75) is 31.5 Å². The molecule has 0 aliphatic rings. The lowest BCUT2D eigenvalue weighted by atomic mass is 10.0. The van der Waals surface area contributed by atoms with E-state index in [1.54, 1.807) is 18.9 Å². The number of hydrogen-bond donors (Lipinski definition) is 2. The Bertz CT molecular complexity index is 1240. The summed E-state index contributed by atoms with van der Waals surface area (Å²) in [7, 11) is 1.62. The van der Waals surface area contributed by atoms with Gasteiger partial charge in [-0.1, -0.05) is 72.4 Å². The lowest BCUT2D eigenvalue weighted by Crippen LogP contribution is -2.29. The van der Waals surface area contributed by atoms with Crippen LogP contribution in [-0.2, 0) is 6.54 Å². The van der Waals surface area contributed by atoms with E-state index in [0.29, 0.717) is 6.54 Å². The molecule has 0 saturated heterocycles. The van der Waals surface area contributed by atoms with Gasteiger partial charge in [0.25, 0.3) is 0 Å². The Kier molecular flexibility index (Phi) is 9.05. The van der Waals surface area contributed by atoms with Crippen LogP contribution in [0.1, 0.15) is 19.8 Å². The third-order valence-electron chi connectivity index (χ3n) is 5.78. The Morgan fingerprint density at radius 1 is 0.917 bits per heavy atom. The largest absolute Gasteiger partial charge is 0.497 e. The highest BCUT2D eigenvalue weighted by Crippen LogP contribution is 2.36. The van der Waals surface area contributed by atoms with Crippen molar-refractivity contribution in [3.8, 4) is 28.3 Å². The predicted molar refractivity (Wildman–Crippen MR) is 149 cm³/mol. The topological polar surface area (TPSA) is 68.2 Å². The Balaban J connectivity index is 1.33. The van der Waals surface area contributed by atoms with Crippen LogP contribution in [0.5, 0.6) is 5.75 Å². The third kappa shape index (κ3) is 6.49. The van der Waals surface area contributed by atoms with E-state index < -0.39 is 0 Å². The molecule has 0 bridgehead atoms. The maximum absolute atomic E-state index is 12.1. The fourth-order valence-electron chi connectivity index (χ4n) is 3.96. The summed E-state index contributed by atoms with van der Waals surface area (Å²) in [6.07, 6.45) is 1.87. The normalized spacial score (nSPS) is 10.7. The number of carbonyl (C=O) groups is 1. The van der Waals surface area contributed by atoms with E-state index >= 15 is 0 Å². The number of rotatable bonds is 11. The lowest BCUT2D eigenvalue weighted by molar-refractivity contribution is 0.252. The summed E-state index contributed by atoms with van der Waals surface area (Å²) in [5.74, 6) is 1.69. The standard InChI is InChI=1S/C29H32N4O2S/c1-3-33-27(23-14-8-5-9-15-23)26(22-12-6-4-7-13-22)32-29(33)36-21-11-10-20-30-28(34)31-24-16-18-25(35-2)19-17-24/h4-9,12-19H,3,10-11,20-21H2,1-2H3,(H2,30,31,34). The summed E-state index contributed by atoms with van der Waals surface area (Å²) in [6, 6.07) is 27.9. The number of anilines is 1. The zero-order chi connectivity index (χ0) is 25.2. The van der Waals surface area contributed by atoms with Gasteiger partial charge in [-0.2, -0.15) is 0 Å². The summed E-state index contributed by atoms with van der Waals surface area (Å²) in [4.78, 5) is 17.2. The molecule has 7 heteroatoms. The molecule has 4 rings (SSSR count). The van der Waals surface area contributed by atoms with Crippen molar-refractivity contribution in [3.63, 3.8) is 0 Å². The SMILES string of the molecule is CCn1c(SCCCCNC(=O)Nc2ccc(OC)cc2)nc(-c2ccccc2)c1-c1ccccc1. The number of thioether (sulfide) groups is 1. The smallest absolute Gasteiger partial charge is 0.319 e. The number of amides is 2. The second-order valence-corrected chi connectivity index (χ2v) is 9.29. The zero-order valence-electron chi connectivity index (χ0n) is 20.7. The van der Waals surface area contributed by atoms with E-state index in [4.69, 9.17) is 9.72 Å². The molecule has 0 fully saturated rings. The molecule has 2 amide bonds. The molecular weight excluding hydrogens is 468 g/mol. The van der Waals surface area contributed by atoms with E-state index in [1.165, 1.54) is 5.56 Å². The molecule has 2 N–H and O–H groups in total. The minimum atomic E-state index is -0.200. The first kappa shape index (κ1) is 25.4. The first-order valence-electron chi connectivity index (χ1n) is 12.2. The van der Waals surface area contributed by atoms with E-state index in [9.17, 15) is 4.79 Å². The highest BCUT2D eigenvalue weighted by molar-refractivity contribution is 7.99. The van der Waals surface area contributed by atoms with Gasteiger partial charge in [-0.3, -0.25) is 0 Å². The summed E-state index contributed by atoms with van der Waals surface area (Å²) in [5.41, 5.74) is 5.20. The first-order valence-corrected chi connectivity index (χ1v) is 13.2. The molecule has 0 saturated carbocycles. The summed E-state index contributed by atoms with van der Waals surface area (Å²) in [5, 5.41) is 6.79. The van der Waals surface area contributed by atoms with Crippen molar-refractivity contribution in [2.75, 3.05) is 24.7 Å². The molecule has 0 unspecified atom stereocenters. The molecule has 4 aromatic rings. The number of nitrogens with zero attached hydrogens (tertiary/aromatic N) is 2. The molecule has 0 atom stereocenters. The molecule has 186 valence electrons. The molecule has 3 aromatic carbocycles. The van der Waals surface area contributed by atoms with Gasteiger partial charge in [0.15, 0.2) is 5.16 Å². The molecule has 0 radical (unpaired) electrons. The number of carbonyl (C=O) groups excluding carboxylic acids is 1. The van der Waals surface area contributed by atoms with Crippen molar-refractivity contribution in [2.24, 2.45) is 0 Å². The fraction of sp³-hybridized carbons (Fsp3) is 0.241. The number of urea groups is 1. The molecular formula is C29H32N4O2S. The summed E-state index contributed by atoms with van der Waals surface area (Å²) >= 11 is 1.77. The van der Waals surface area contributed by atoms with Crippen molar-refractivity contribution < 1.29 is 9.53 Å². The van der Waals surface area contributed by atoms with E-state index in [-0.39, 0.29) is 6.03 Å². The van der Waals surface area contributed by atoms with Gasteiger partial charge in [-0.15, -0.1) is 0 Å². The van der Waals surface area contributed by atoms with Gasteiger partial charge < -0.3 is 19.9 Å². The number of methoxy groups -OCH3 is 1. The number of ether oxygens (including phenoxy) is 1. The van der Waals surface area contributed by atoms with Crippen molar-refractivity contribution in [1.29, 1.82) is 0 Å². The monoisotopic (exact) mass is 500 g/mol. The van der Waals surface area contributed by atoms with Crippen molar-refractivity contribution in [3.05, 3.63) is 84.9 Å². The third-order valence-corrected chi connectivity index (χ3v) is 6.84. The van der Waals surface area contributed by atoms with Crippen LogP contribution in [0.15, 0.2) is 90.1 Å². The Morgan fingerprint density at radius 3 is 2.22 bits per heavy atom. The Morgan fingerprint density at radius 2 is 1.58 bits per heavy atom. The van der Waals surface area contributed by atoms with Crippen LogP contribution in [-0.4, -0.2) is 35.0 Å². The molecule has 6 nitrogen and oxygen atoms in total. The highest BCUT2D eigenvalue weighted by atomic mass is 32.2. The molecule has 0 spiro atoms.